The molecule has 0 spiro atoms. The van der Waals surface area contributed by atoms with Crippen molar-refractivity contribution < 1.29 is 9.90 Å². The fourth-order valence-corrected chi connectivity index (χ4v) is 0.850. The molecular weight excluding hydrogens is 146 g/mol. The third kappa shape index (κ3) is 1.31. The van der Waals surface area contributed by atoms with Crippen LogP contribution in [0, 0.1) is 0 Å². The summed E-state index contributed by atoms with van der Waals surface area (Å²) < 4.78 is 1.34. The number of nitrogens with zero attached hydrogens (tertiary/aromatic N) is 2. The second-order valence-electron chi connectivity index (χ2n) is 2.08. The summed E-state index contributed by atoms with van der Waals surface area (Å²) in [5.41, 5.74) is 5.43. The average Bonchev–Trinajstić information content (AvgIpc) is 2.30. The molecule has 0 bridgehead atoms. The molecule has 1 aromatic heterocycles. The molecule has 0 atom stereocenters. The van der Waals surface area contributed by atoms with Crippen LogP contribution in [-0.2, 0) is 6.54 Å². The Hall–Kier alpha value is -1.52. The zero-order valence-corrected chi connectivity index (χ0v) is 6.11. The van der Waals surface area contributed by atoms with Gasteiger partial charge in [-0.2, -0.15) is 5.10 Å². The largest absolute Gasteiger partial charge is 0.477 e. The van der Waals surface area contributed by atoms with Crippen LogP contribution in [-0.4, -0.2) is 20.9 Å². The van der Waals surface area contributed by atoms with E-state index in [2.05, 4.69) is 5.10 Å². The molecule has 0 aliphatic heterocycles. The van der Waals surface area contributed by atoms with Gasteiger partial charge >= 0.3 is 5.97 Å². The second-order valence-corrected chi connectivity index (χ2v) is 2.08. The fourth-order valence-electron chi connectivity index (χ4n) is 0.850. The van der Waals surface area contributed by atoms with Crippen molar-refractivity contribution in [3.63, 3.8) is 0 Å². The molecule has 0 saturated carbocycles. The summed E-state index contributed by atoms with van der Waals surface area (Å²) in [4.78, 5) is 10.5. The maximum atomic E-state index is 10.5. The Morgan fingerprint density at radius 3 is 2.91 bits per heavy atom. The van der Waals surface area contributed by atoms with Crippen molar-refractivity contribution in [1.82, 2.24) is 9.78 Å². The smallest absolute Gasteiger partial charge is 0.354 e. The van der Waals surface area contributed by atoms with E-state index in [0.717, 1.165) is 0 Å². The summed E-state index contributed by atoms with van der Waals surface area (Å²) in [6.07, 6.45) is 0. The minimum atomic E-state index is -1.00. The Bertz CT molecular complexity index is 279. The first kappa shape index (κ1) is 7.59. The fraction of sp³-hybridized carbons (Fsp3) is 0.333. The van der Waals surface area contributed by atoms with Crippen LogP contribution in [0.15, 0.2) is 6.07 Å². The Kier molecular flexibility index (Phi) is 1.80. The van der Waals surface area contributed by atoms with E-state index < -0.39 is 5.97 Å². The number of aromatic nitrogens is 2. The van der Waals surface area contributed by atoms with Gasteiger partial charge < -0.3 is 10.8 Å². The molecule has 0 aliphatic rings. The van der Waals surface area contributed by atoms with E-state index >= 15 is 0 Å². The van der Waals surface area contributed by atoms with Crippen molar-refractivity contribution >= 4 is 11.8 Å². The standard InChI is InChI=1S/C6H9N3O2/c1-2-9-4(6(10)11)3-5(7)8-9/h3H,2H2,1H3,(H2,7,8)(H,10,11). The number of hydrogen-bond acceptors (Lipinski definition) is 3. The third-order valence-electron chi connectivity index (χ3n) is 1.32. The van der Waals surface area contributed by atoms with Crippen LogP contribution in [0.2, 0.25) is 0 Å². The summed E-state index contributed by atoms with van der Waals surface area (Å²) in [5, 5.41) is 12.4. The van der Waals surface area contributed by atoms with E-state index in [1.807, 2.05) is 0 Å². The molecule has 3 N–H and O–H groups in total. The van der Waals surface area contributed by atoms with Gasteiger partial charge in [0.25, 0.3) is 0 Å². The van der Waals surface area contributed by atoms with Gasteiger partial charge in [0.2, 0.25) is 0 Å². The van der Waals surface area contributed by atoms with Gasteiger partial charge in [-0.3, -0.25) is 4.68 Å². The van der Waals surface area contributed by atoms with Gasteiger partial charge in [-0.25, -0.2) is 4.79 Å². The highest BCUT2D eigenvalue weighted by atomic mass is 16.4. The highest BCUT2D eigenvalue weighted by Gasteiger charge is 2.10. The number of carboxylic acid groups (broad SMARTS) is 1. The number of aromatic carboxylic acids is 1. The number of carboxylic acids is 1. The number of aryl methyl sites for hydroxylation is 1. The van der Waals surface area contributed by atoms with Gasteiger partial charge in [0.05, 0.1) is 0 Å². The number of anilines is 1. The van der Waals surface area contributed by atoms with Crippen molar-refractivity contribution in [3.8, 4) is 0 Å². The molecule has 0 saturated heterocycles. The normalized spacial score (nSPS) is 9.91. The van der Waals surface area contributed by atoms with E-state index in [9.17, 15) is 4.79 Å². The first-order chi connectivity index (χ1) is 5.15. The van der Waals surface area contributed by atoms with Gasteiger partial charge in [0.1, 0.15) is 11.5 Å². The molecule has 0 unspecified atom stereocenters. The number of nitrogen functional groups attached to an aromatic ring is 1. The number of hydrogen-bond donors (Lipinski definition) is 2. The zero-order valence-electron chi connectivity index (χ0n) is 6.11. The highest BCUT2D eigenvalue weighted by Crippen LogP contribution is 2.04. The molecule has 1 rings (SSSR count). The Labute approximate surface area is 63.4 Å². The predicted molar refractivity (Wildman–Crippen MR) is 39.3 cm³/mol. The lowest BCUT2D eigenvalue weighted by Gasteiger charge is -1.96. The van der Waals surface area contributed by atoms with Crippen LogP contribution in [0.1, 0.15) is 17.4 Å². The monoisotopic (exact) mass is 155 g/mol. The van der Waals surface area contributed by atoms with Crippen molar-refractivity contribution in [2.45, 2.75) is 13.5 Å². The molecule has 0 amide bonds. The lowest BCUT2D eigenvalue weighted by Crippen LogP contribution is -2.08. The van der Waals surface area contributed by atoms with Gasteiger partial charge in [-0.15, -0.1) is 0 Å². The molecule has 5 nitrogen and oxygen atoms in total. The van der Waals surface area contributed by atoms with Gasteiger partial charge in [0, 0.05) is 12.6 Å². The van der Waals surface area contributed by atoms with E-state index in [-0.39, 0.29) is 11.5 Å². The lowest BCUT2D eigenvalue weighted by molar-refractivity contribution is 0.0683. The zero-order chi connectivity index (χ0) is 8.43. The third-order valence-corrected chi connectivity index (χ3v) is 1.32. The Morgan fingerprint density at radius 2 is 2.55 bits per heavy atom. The first-order valence-corrected chi connectivity index (χ1v) is 3.21. The van der Waals surface area contributed by atoms with Gasteiger partial charge in [-0.1, -0.05) is 0 Å². The van der Waals surface area contributed by atoms with E-state index in [0.29, 0.717) is 6.54 Å². The second kappa shape index (κ2) is 2.61. The minimum Gasteiger partial charge on any atom is -0.477 e. The Balaban J connectivity index is 3.12. The number of carbonyl (C=O) groups is 1. The lowest BCUT2D eigenvalue weighted by atomic mass is 10.4. The molecule has 1 aromatic rings. The number of rotatable bonds is 2. The van der Waals surface area contributed by atoms with E-state index in [1.54, 1.807) is 6.92 Å². The van der Waals surface area contributed by atoms with Crippen molar-refractivity contribution in [2.75, 3.05) is 5.73 Å². The molecule has 5 heteroatoms. The highest BCUT2D eigenvalue weighted by molar-refractivity contribution is 5.86. The van der Waals surface area contributed by atoms with Crippen LogP contribution >= 0.6 is 0 Å². The first-order valence-electron chi connectivity index (χ1n) is 3.21. The summed E-state index contributed by atoms with van der Waals surface area (Å²) in [6, 6.07) is 1.34. The molecule has 0 aromatic carbocycles. The van der Waals surface area contributed by atoms with Gasteiger partial charge in [0.15, 0.2) is 0 Å². The van der Waals surface area contributed by atoms with Gasteiger partial charge in [-0.05, 0) is 6.92 Å². The molecule has 0 radical (unpaired) electrons. The molecule has 0 aliphatic carbocycles. The molecule has 0 fully saturated rings. The summed E-state index contributed by atoms with van der Waals surface area (Å²) >= 11 is 0. The quantitative estimate of drug-likeness (QED) is 0.638. The topological polar surface area (TPSA) is 81.1 Å². The van der Waals surface area contributed by atoms with Crippen molar-refractivity contribution in [1.29, 1.82) is 0 Å². The van der Waals surface area contributed by atoms with Crippen LogP contribution in [0.3, 0.4) is 0 Å². The molecule has 60 valence electrons. The maximum Gasteiger partial charge on any atom is 0.354 e. The predicted octanol–water partition coefficient (Wildman–Crippen LogP) is 0.183. The van der Waals surface area contributed by atoms with Crippen LogP contribution in [0.5, 0.6) is 0 Å². The number of nitrogens with two attached hydrogens (primary N) is 1. The van der Waals surface area contributed by atoms with Crippen molar-refractivity contribution in [2.24, 2.45) is 0 Å². The minimum absolute atomic E-state index is 0.130. The maximum absolute atomic E-state index is 10.5. The molecule has 11 heavy (non-hydrogen) atoms. The summed E-state index contributed by atoms with van der Waals surface area (Å²) in [7, 11) is 0. The summed E-state index contributed by atoms with van der Waals surface area (Å²) in [5.74, 6) is -0.764. The van der Waals surface area contributed by atoms with Crippen LogP contribution in [0.4, 0.5) is 5.82 Å². The average molecular weight is 155 g/mol. The van der Waals surface area contributed by atoms with Crippen LogP contribution < -0.4 is 5.73 Å². The molecular formula is C6H9N3O2. The summed E-state index contributed by atoms with van der Waals surface area (Å²) in [6.45, 7) is 2.32. The Morgan fingerprint density at radius 1 is 1.91 bits per heavy atom. The van der Waals surface area contributed by atoms with E-state index in [1.165, 1.54) is 10.7 Å². The van der Waals surface area contributed by atoms with Crippen LogP contribution in [0.25, 0.3) is 0 Å². The molecule has 1 heterocycles. The SMILES string of the molecule is CCn1nc(N)cc1C(=O)O. The van der Waals surface area contributed by atoms with E-state index in [4.69, 9.17) is 10.8 Å². The van der Waals surface area contributed by atoms with Crippen molar-refractivity contribution in [3.05, 3.63) is 11.8 Å².